The molecular formula is C22H28N2O4S. The van der Waals surface area contributed by atoms with Gasteiger partial charge in [0, 0.05) is 26.2 Å². The van der Waals surface area contributed by atoms with Gasteiger partial charge in [0.1, 0.15) is 5.75 Å². The van der Waals surface area contributed by atoms with Gasteiger partial charge in [0.25, 0.3) is 5.91 Å². The standard InChI is InChI=1S/C22H28N2O4S/c1-16-6-9-20(10-7-16)29(26,27)24-13-11-23(12-14-24)22(25)19(4)28-21-15-17(2)5-8-18(21)3/h5-10,15,19H,11-14H2,1-4H3/t19-/m0/s1. The van der Waals surface area contributed by atoms with Crippen molar-refractivity contribution in [1.29, 1.82) is 0 Å². The van der Waals surface area contributed by atoms with E-state index in [1.165, 1.54) is 4.31 Å². The van der Waals surface area contributed by atoms with Gasteiger partial charge < -0.3 is 9.64 Å². The smallest absolute Gasteiger partial charge is 0.263 e. The van der Waals surface area contributed by atoms with Crippen molar-refractivity contribution >= 4 is 15.9 Å². The number of amides is 1. The lowest BCUT2D eigenvalue weighted by Gasteiger charge is -2.35. The summed E-state index contributed by atoms with van der Waals surface area (Å²) in [6.45, 7) is 8.83. The molecule has 1 saturated heterocycles. The van der Waals surface area contributed by atoms with Gasteiger partial charge in [-0.3, -0.25) is 4.79 Å². The molecule has 6 nitrogen and oxygen atoms in total. The third-order valence-electron chi connectivity index (χ3n) is 5.20. The fraction of sp³-hybridized carbons (Fsp3) is 0.409. The lowest BCUT2D eigenvalue weighted by Crippen LogP contribution is -2.53. The van der Waals surface area contributed by atoms with E-state index >= 15 is 0 Å². The molecule has 29 heavy (non-hydrogen) atoms. The van der Waals surface area contributed by atoms with Crippen molar-refractivity contribution in [2.75, 3.05) is 26.2 Å². The number of carbonyl (C=O) groups is 1. The summed E-state index contributed by atoms with van der Waals surface area (Å²) < 4.78 is 33.0. The quantitative estimate of drug-likeness (QED) is 0.752. The van der Waals surface area contributed by atoms with Gasteiger partial charge in [0.2, 0.25) is 10.0 Å². The van der Waals surface area contributed by atoms with E-state index in [9.17, 15) is 13.2 Å². The molecule has 1 heterocycles. The summed E-state index contributed by atoms with van der Waals surface area (Å²) in [6.07, 6.45) is -0.629. The second kappa shape index (κ2) is 8.55. The van der Waals surface area contributed by atoms with Crippen molar-refractivity contribution in [3.63, 3.8) is 0 Å². The third-order valence-corrected chi connectivity index (χ3v) is 7.12. The van der Waals surface area contributed by atoms with E-state index in [4.69, 9.17) is 4.74 Å². The molecule has 0 aliphatic carbocycles. The van der Waals surface area contributed by atoms with Gasteiger partial charge in [-0.05, 0) is 57.0 Å². The number of sulfonamides is 1. The molecule has 3 rings (SSSR count). The minimum atomic E-state index is -3.54. The first-order chi connectivity index (χ1) is 13.7. The zero-order chi connectivity index (χ0) is 21.2. The number of hydrogen-bond acceptors (Lipinski definition) is 4. The summed E-state index contributed by atoms with van der Waals surface area (Å²) in [6, 6.07) is 12.7. The molecule has 0 N–H and O–H groups in total. The minimum absolute atomic E-state index is 0.127. The first kappa shape index (κ1) is 21.3. The van der Waals surface area contributed by atoms with Crippen molar-refractivity contribution < 1.29 is 17.9 Å². The molecule has 0 spiro atoms. The van der Waals surface area contributed by atoms with Crippen molar-refractivity contribution in [3.05, 3.63) is 59.2 Å². The molecule has 1 aliphatic heterocycles. The summed E-state index contributed by atoms with van der Waals surface area (Å²) in [7, 11) is -3.54. The summed E-state index contributed by atoms with van der Waals surface area (Å²) in [4.78, 5) is 14.8. The highest BCUT2D eigenvalue weighted by Crippen LogP contribution is 2.22. The Balaban J connectivity index is 1.61. The van der Waals surface area contributed by atoms with E-state index < -0.39 is 16.1 Å². The van der Waals surface area contributed by atoms with Crippen molar-refractivity contribution in [2.24, 2.45) is 0 Å². The number of benzene rings is 2. The topological polar surface area (TPSA) is 66.9 Å². The molecule has 0 aromatic heterocycles. The molecule has 0 saturated carbocycles. The number of rotatable bonds is 5. The van der Waals surface area contributed by atoms with Crippen LogP contribution in [0.25, 0.3) is 0 Å². The largest absolute Gasteiger partial charge is 0.481 e. The molecular weight excluding hydrogens is 388 g/mol. The van der Waals surface area contributed by atoms with Crippen LogP contribution in [0.15, 0.2) is 47.4 Å². The summed E-state index contributed by atoms with van der Waals surface area (Å²) >= 11 is 0. The Morgan fingerprint density at radius 3 is 2.14 bits per heavy atom. The van der Waals surface area contributed by atoms with Gasteiger partial charge in [-0.25, -0.2) is 8.42 Å². The van der Waals surface area contributed by atoms with Crippen LogP contribution in [0.1, 0.15) is 23.6 Å². The van der Waals surface area contributed by atoms with E-state index in [2.05, 4.69) is 0 Å². The summed E-state index contributed by atoms with van der Waals surface area (Å²) in [5.74, 6) is 0.574. The number of ether oxygens (including phenoxy) is 1. The Hall–Kier alpha value is -2.38. The lowest BCUT2D eigenvalue weighted by molar-refractivity contribution is -0.139. The normalized spacial score (nSPS) is 16.5. The van der Waals surface area contributed by atoms with E-state index in [-0.39, 0.29) is 23.9 Å². The van der Waals surface area contributed by atoms with Gasteiger partial charge in [-0.2, -0.15) is 4.31 Å². The highest BCUT2D eigenvalue weighted by molar-refractivity contribution is 7.89. The maximum absolute atomic E-state index is 12.8. The molecule has 0 bridgehead atoms. The number of hydrogen-bond donors (Lipinski definition) is 0. The molecule has 1 aliphatic rings. The second-order valence-corrected chi connectivity index (χ2v) is 9.51. The predicted molar refractivity (Wildman–Crippen MR) is 113 cm³/mol. The average Bonchev–Trinajstić information content (AvgIpc) is 2.70. The molecule has 1 fully saturated rings. The van der Waals surface area contributed by atoms with Crippen LogP contribution >= 0.6 is 0 Å². The Labute approximate surface area is 173 Å². The summed E-state index contributed by atoms with van der Waals surface area (Å²) in [5.41, 5.74) is 3.06. The number of piperazine rings is 1. The van der Waals surface area contributed by atoms with Crippen LogP contribution in [0.2, 0.25) is 0 Å². The summed E-state index contributed by atoms with van der Waals surface area (Å²) in [5, 5.41) is 0. The Kier molecular flexibility index (Phi) is 6.29. The van der Waals surface area contributed by atoms with Crippen LogP contribution in [0.3, 0.4) is 0 Å². The van der Waals surface area contributed by atoms with Crippen LogP contribution in [0.5, 0.6) is 5.75 Å². The van der Waals surface area contributed by atoms with E-state index in [1.807, 2.05) is 39.0 Å². The molecule has 2 aromatic rings. The van der Waals surface area contributed by atoms with E-state index in [1.54, 1.807) is 36.1 Å². The Morgan fingerprint density at radius 2 is 1.52 bits per heavy atom. The van der Waals surface area contributed by atoms with Crippen molar-refractivity contribution in [3.8, 4) is 5.75 Å². The van der Waals surface area contributed by atoms with Crippen LogP contribution in [-0.4, -0.2) is 55.8 Å². The van der Waals surface area contributed by atoms with Gasteiger partial charge in [-0.1, -0.05) is 29.8 Å². The van der Waals surface area contributed by atoms with Crippen LogP contribution in [-0.2, 0) is 14.8 Å². The molecule has 1 atom stereocenters. The van der Waals surface area contributed by atoms with Gasteiger partial charge in [-0.15, -0.1) is 0 Å². The molecule has 2 aromatic carbocycles. The van der Waals surface area contributed by atoms with Gasteiger partial charge in [0.05, 0.1) is 4.90 Å². The van der Waals surface area contributed by atoms with Crippen molar-refractivity contribution in [2.45, 2.75) is 38.7 Å². The fourth-order valence-electron chi connectivity index (χ4n) is 3.34. The zero-order valence-electron chi connectivity index (χ0n) is 17.4. The highest BCUT2D eigenvalue weighted by atomic mass is 32.2. The third kappa shape index (κ3) is 4.79. The number of aryl methyl sites for hydroxylation is 3. The first-order valence-corrected chi connectivity index (χ1v) is 11.2. The predicted octanol–water partition coefficient (Wildman–Crippen LogP) is 2.91. The van der Waals surface area contributed by atoms with Crippen LogP contribution < -0.4 is 4.74 Å². The monoisotopic (exact) mass is 416 g/mol. The number of nitrogens with zero attached hydrogens (tertiary/aromatic N) is 2. The minimum Gasteiger partial charge on any atom is -0.481 e. The SMILES string of the molecule is Cc1ccc(S(=O)(=O)N2CCN(C(=O)[C@H](C)Oc3cc(C)ccc3C)CC2)cc1. The van der Waals surface area contributed by atoms with Gasteiger partial charge in [0.15, 0.2) is 6.10 Å². The van der Waals surface area contributed by atoms with Gasteiger partial charge >= 0.3 is 0 Å². The highest BCUT2D eigenvalue weighted by Gasteiger charge is 2.32. The first-order valence-electron chi connectivity index (χ1n) is 9.78. The second-order valence-electron chi connectivity index (χ2n) is 7.57. The van der Waals surface area contributed by atoms with Crippen LogP contribution in [0, 0.1) is 20.8 Å². The van der Waals surface area contributed by atoms with E-state index in [0.29, 0.717) is 18.8 Å². The number of carbonyl (C=O) groups excluding carboxylic acids is 1. The Bertz CT molecular complexity index is 978. The fourth-order valence-corrected chi connectivity index (χ4v) is 4.76. The molecule has 0 radical (unpaired) electrons. The molecule has 1 amide bonds. The van der Waals surface area contributed by atoms with E-state index in [0.717, 1.165) is 16.7 Å². The Morgan fingerprint density at radius 1 is 0.931 bits per heavy atom. The molecule has 7 heteroatoms. The van der Waals surface area contributed by atoms with Crippen molar-refractivity contribution in [1.82, 2.24) is 9.21 Å². The zero-order valence-corrected chi connectivity index (χ0v) is 18.2. The molecule has 156 valence electrons. The van der Waals surface area contributed by atoms with Crippen LogP contribution in [0.4, 0.5) is 0 Å². The lowest BCUT2D eigenvalue weighted by atomic mass is 10.1. The molecule has 0 unspecified atom stereocenters. The maximum Gasteiger partial charge on any atom is 0.263 e. The maximum atomic E-state index is 12.8. The average molecular weight is 417 g/mol.